The fourth-order valence-electron chi connectivity index (χ4n) is 0.118. The van der Waals surface area contributed by atoms with Crippen molar-refractivity contribution < 1.29 is 9.53 Å². The highest BCUT2D eigenvalue weighted by molar-refractivity contribution is 5.85. The quantitative estimate of drug-likeness (QED) is 0.498. The SMILES string of the molecule is COCCN.Cl.NC(N)=O. The van der Waals surface area contributed by atoms with Crippen LogP contribution < -0.4 is 17.2 Å². The van der Waals surface area contributed by atoms with Crippen LogP contribution in [0.15, 0.2) is 0 Å². The van der Waals surface area contributed by atoms with Crippen molar-refractivity contribution in [1.29, 1.82) is 0 Å². The van der Waals surface area contributed by atoms with E-state index in [1.807, 2.05) is 0 Å². The molecular weight excluding hydrogens is 158 g/mol. The molecule has 0 fully saturated rings. The van der Waals surface area contributed by atoms with Crippen LogP contribution in [0.2, 0.25) is 0 Å². The molecule has 0 aromatic carbocycles. The smallest absolute Gasteiger partial charge is 0.309 e. The van der Waals surface area contributed by atoms with Crippen LogP contribution in [0.1, 0.15) is 0 Å². The van der Waals surface area contributed by atoms with Gasteiger partial charge in [0.1, 0.15) is 0 Å². The van der Waals surface area contributed by atoms with Crippen molar-refractivity contribution in [2.75, 3.05) is 20.3 Å². The van der Waals surface area contributed by atoms with Gasteiger partial charge in [-0.15, -0.1) is 12.4 Å². The van der Waals surface area contributed by atoms with Gasteiger partial charge in [-0.1, -0.05) is 0 Å². The van der Waals surface area contributed by atoms with Gasteiger partial charge in [0, 0.05) is 13.7 Å². The standard InChI is InChI=1S/C3H9NO.CH4N2O.ClH/c1-5-3-2-4;2-1(3)4;/h2-4H2,1H3;(H4,2,3,4);1H. The largest absolute Gasteiger partial charge is 0.383 e. The maximum Gasteiger partial charge on any atom is 0.309 e. The van der Waals surface area contributed by atoms with E-state index >= 15 is 0 Å². The summed E-state index contributed by atoms with van der Waals surface area (Å²) in [6, 6.07) is -0.833. The number of rotatable bonds is 2. The molecule has 6 heteroatoms. The Kier molecular flexibility index (Phi) is 25.7. The van der Waals surface area contributed by atoms with Crippen LogP contribution in [0.5, 0.6) is 0 Å². The number of halogens is 1. The number of carbonyl (C=O) groups is 1. The van der Waals surface area contributed by atoms with Gasteiger partial charge in [0.2, 0.25) is 0 Å². The first-order valence-corrected chi connectivity index (χ1v) is 2.39. The van der Waals surface area contributed by atoms with Crippen LogP contribution in [0.4, 0.5) is 4.79 Å². The number of hydrogen-bond donors (Lipinski definition) is 3. The maximum atomic E-state index is 9.00. The van der Waals surface area contributed by atoms with Crippen LogP contribution in [0.3, 0.4) is 0 Å². The van der Waals surface area contributed by atoms with E-state index < -0.39 is 6.03 Å². The molecule has 0 radical (unpaired) electrons. The van der Waals surface area contributed by atoms with Gasteiger partial charge in [0.15, 0.2) is 0 Å². The lowest BCUT2D eigenvalue weighted by Gasteiger charge is -1.85. The fourth-order valence-corrected chi connectivity index (χ4v) is 0.118. The third-order valence-corrected chi connectivity index (χ3v) is 0.322. The average molecular weight is 172 g/mol. The zero-order valence-corrected chi connectivity index (χ0v) is 6.69. The first kappa shape index (κ1) is 16.2. The van der Waals surface area contributed by atoms with Crippen molar-refractivity contribution >= 4 is 18.4 Å². The first-order valence-electron chi connectivity index (χ1n) is 2.39. The Labute approximate surface area is 66.3 Å². The molecule has 0 spiro atoms. The van der Waals surface area contributed by atoms with Crippen LogP contribution in [-0.2, 0) is 4.74 Å². The maximum absolute atomic E-state index is 9.00. The van der Waals surface area contributed by atoms with Crippen molar-refractivity contribution in [1.82, 2.24) is 0 Å². The summed E-state index contributed by atoms with van der Waals surface area (Å²) in [7, 11) is 1.63. The van der Waals surface area contributed by atoms with E-state index in [1.54, 1.807) is 7.11 Å². The topological polar surface area (TPSA) is 104 Å². The number of carbonyl (C=O) groups excluding carboxylic acids is 1. The molecule has 10 heavy (non-hydrogen) atoms. The first-order chi connectivity index (χ1) is 4.15. The van der Waals surface area contributed by atoms with Gasteiger partial charge < -0.3 is 21.9 Å². The van der Waals surface area contributed by atoms with Gasteiger partial charge >= 0.3 is 6.03 Å². The van der Waals surface area contributed by atoms with Crippen molar-refractivity contribution in [3.63, 3.8) is 0 Å². The molecular formula is C4H14ClN3O2. The molecule has 0 unspecified atom stereocenters. The fraction of sp³-hybridized carbons (Fsp3) is 0.750. The molecule has 0 rings (SSSR count). The van der Waals surface area contributed by atoms with Crippen LogP contribution in [-0.4, -0.2) is 26.3 Å². The Morgan fingerprint density at radius 3 is 1.80 bits per heavy atom. The second-order valence-electron chi connectivity index (χ2n) is 1.18. The van der Waals surface area contributed by atoms with E-state index in [1.165, 1.54) is 0 Å². The Morgan fingerprint density at radius 2 is 1.80 bits per heavy atom. The van der Waals surface area contributed by atoms with Gasteiger partial charge in [-0.3, -0.25) is 0 Å². The van der Waals surface area contributed by atoms with E-state index in [-0.39, 0.29) is 12.4 Å². The molecule has 0 bridgehead atoms. The summed E-state index contributed by atoms with van der Waals surface area (Å²) >= 11 is 0. The summed E-state index contributed by atoms with van der Waals surface area (Å²) in [6.07, 6.45) is 0. The van der Waals surface area contributed by atoms with Crippen LogP contribution >= 0.6 is 12.4 Å². The molecule has 5 nitrogen and oxygen atoms in total. The summed E-state index contributed by atoms with van der Waals surface area (Å²) in [5.41, 5.74) is 13.5. The Morgan fingerprint density at radius 1 is 1.50 bits per heavy atom. The predicted molar refractivity (Wildman–Crippen MR) is 41.9 cm³/mol. The molecule has 0 aliphatic rings. The molecule has 64 valence electrons. The highest BCUT2D eigenvalue weighted by atomic mass is 35.5. The van der Waals surface area contributed by atoms with Gasteiger partial charge in [-0.25, -0.2) is 4.79 Å². The Hall–Kier alpha value is -0.520. The molecule has 0 aromatic heterocycles. The number of hydrogen-bond acceptors (Lipinski definition) is 3. The van der Waals surface area contributed by atoms with Gasteiger partial charge in [-0.05, 0) is 0 Å². The van der Waals surface area contributed by atoms with Crippen LogP contribution in [0.25, 0.3) is 0 Å². The summed E-state index contributed by atoms with van der Waals surface area (Å²) < 4.78 is 4.57. The molecule has 0 atom stereocenters. The molecule has 0 heterocycles. The molecule has 2 amide bonds. The number of amides is 2. The highest BCUT2D eigenvalue weighted by Gasteiger charge is 1.65. The third kappa shape index (κ3) is 143. The molecule has 6 N–H and O–H groups in total. The minimum Gasteiger partial charge on any atom is -0.383 e. The van der Waals surface area contributed by atoms with Crippen molar-refractivity contribution in [2.45, 2.75) is 0 Å². The number of methoxy groups -OCH3 is 1. The number of nitrogens with two attached hydrogens (primary N) is 3. The normalized spacial score (nSPS) is 6.60. The number of ether oxygens (including phenoxy) is 1. The third-order valence-electron chi connectivity index (χ3n) is 0.322. The lowest BCUT2D eigenvalue weighted by molar-refractivity contribution is 0.207. The highest BCUT2D eigenvalue weighted by Crippen LogP contribution is 1.53. The van der Waals surface area contributed by atoms with Crippen molar-refractivity contribution in [2.24, 2.45) is 17.2 Å². The van der Waals surface area contributed by atoms with Gasteiger partial charge in [0.05, 0.1) is 6.61 Å². The van der Waals surface area contributed by atoms with E-state index in [4.69, 9.17) is 10.5 Å². The van der Waals surface area contributed by atoms with E-state index in [2.05, 4.69) is 16.2 Å². The summed E-state index contributed by atoms with van der Waals surface area (Å²) in [5, 5.41) is 0. The molecule has 0 aliphatic heterocycles. The average Bonchev–Trinajstić information content (AvgIpc) is 1.66. The molecule has 0 aromatic rings. The molecule has 0 saturated carbocycles. The predicted octanol–water partition coefficient (Wildman–Crippen LogP) is -0.963. The monoisotopic (exact) mass is 171 g/mol. The van der Waals surface area contributed by atoms with E-state index in [0.29, 0.717) is 13.2 Å². The lowest BCUT2D eigenvalue weighted by Crippen LogP contribution is -2.18. The van der Waals surface area contributed by atoms with E-state index in [0.717, 1.165) is 0 Å². The Bertz CT molecular complexity index is 65.5. The van der Waals surface area contributed by atoms with Crippen molar-refractivity contribution in [3.8, 4) is 0 Å². The summed E-state index contributed by atoms with van der Waals surface area (Å²) in [5.74, 6) is 0. The minimum atomic E-state index is -0.833. The number of primary amides is 2. The molecule has 0 aliphatic carbocycles. The number of urea groups is 1. The Balaban J connectivity index is -0.0000000910. The zero-order chi connectivity index (χ0) is 7.70. The zero-order valence-electron chi connectivity index (χ0n) is 5.87. The lowest BCUT2D eigenvalue weighted by atomic mass is 10.7. The summed E-state index contributed by atoms with van der Waals surface area (Å²) in [6.45, 7) is 1.29. The van der Waals surface area contributed by atoms with Crippen LogP contribution in [0, 0.1) is 0 Å². The van der Waals surface area contributed by atoms with Gasteiger partial charge in [0.25, 0.3) is 0 Å². The second-order valence-corrected chi connectivity index (χ2v) is 1.18. The van der Waals surface area contributed by atoms with Gasteiger partial charge in [-0.2, -0.15) is 0 Å². The van der Waals surface area contributed by atoms with E-state index in [9.17, 15) is 0 Å². The molecule has 0 saturated heterocycles. The summed E-state index contributed by atoms with van der Waals surface area (Å²) in [4.78, 5) is 9.00. The minimum absolute atomic E-state index is 0. The van der Waals surface area contributed by atoms with Crippen molar-refractivity contribution in [3.05, 3.63) is 0 Å². The second kappa shape index (κ2) is 15.8.